The fourth-order valence-electron chi connectivity index (χ4n) is 4.74. The largest absolute Gasteiger partial charge is 0.494 e. The summed E-state index contributed by atoms with van der Waals surface area (Å²) >= 11 is 12.6. The van der Waals surface area contributed by atoms with Gasteiger partial charge in [0.2, 0.25) is 6.79 Å². The van der Waals surface area contributed by atoms with E-state index in [1.165, 1.54) is 0 Å². The molecular formula is C31H42Cl2N4O4. The Labute approximate surface area is 253 Å². The Morgan fingerprint density at radius 1 is 1.02 bits per heavy atom. The van der Waals surface area contributed by atoms with E-state index >= 15 is 0 Å². The van der Waals surface area contributed by atoms with Gasteiger partial charge in [0.1, 0.15) is 5.75 Å². The molecule has 0 saturated carbocycles. The number of aliphatic imine (C=N–C) groups is 1. The van der Waals surface area contributed by atoms with E-state index in [-0.39, 0.29) is 6.79 Å². The maximum atomic E-state index is 11.9. The minimum absolute atomic E-state index is 0.157. The molecule has 1 fully saturated rings. The van der Waals surface area contributed by atoms with Crippen LogP contribution in [0.1, 0.15) is 45.6 Å². The average molecular weight is 606 g/mol. The molecule has 41 heavy (non-hydrogen) atoms. The van der Waals surface area contributed by atoms with Crippen LogP contribution in [0.3, 0.4) is 0 Å². The first-order valence-corrected chi connectivity index (χ1v) is 15.3. The second-order valence-electron chi connectivity index (χ2n) is 11.0. The van der Waals surface area contributed by atoms with Crippen LogP contribution >= 0.6 is 23.2 Å². The van der Waals surface area contributed by atoms with Crippen molar-refractivity contribution in [2.24, 2.45) is 16.8 Å². The topological polar surface area (TPSA) is 75.6 Å². The predicted octanol–water partition coefficient (Wildman–Crippen LogP) is 6.94. The molecule has 224 valence electrons. The quantitative estimate of drug-likeness (QED) is 0.209. The lowest BCUT2D eigenvalue weighted by Crippen LogP contribution is -2.46. The molecule has 1 N–H and O–H groups in total. The van der Waals surface area contributed by atoms with Crippen molar-refractivity contribution in [1.82, 2.24) is 10.2 Å². The minimum Gasteiger partial charge on any atom is -0.494 e. The first-order valence-electron chi connectivity index (χ1n) is 14.6. The van der Waals surface area contributed by atoms with Crippen molar-refractivity contribution in [1.29, 1.82) is 0 Å². The summed E-state index contributed by atoms with van der Waals surface area (Å²) in [6, 6.07) is 11.8. The molecule has 10 heteroatoms. The number of aryl methyl sites for hydroxylation is 1. The van der Waals surface area contributed by atoms with Gasteiger partial charge in [0.25, 0.3) is 0 Å². The van der Waals surface area contributed by atoms with Gasteiger partial charge < -0.3 is 24.4 Å². The van der Waals surface area contributed by atoms with Gasteiger partial charge in [0.15, 0.2) is 5.90 Å². The molecule has 8 nitrogen and oxygen atoms in total. The Balaban J connectivity index is 1.13. The van der Waals surface area contributed by atoms with Gasteiger partial charge in [-0.15, -0.1) is 0 Å². The van der Waals surface area contributed by atoms with Crippen LogP contribution in [0, 0.1) is 11.8 Å². The normalized spacial score (nSPS) is 16.1. The fourth-order valence-corrected chi connectivity index (χ4v) is 5.16. The number of fused-ring (bicyclic) bond motifs is 1. The smallest absolute Gasteiger partial charge is 0.410 e. The van der Waals surface area contributed by atoms with Crippen LogP contribution in [-0.2, 0) is 15.9 Å². The number of nitrogens with zero attached hydrogens (tertiary/aromatic N) is 3. The third-order valence-electron chi connectivity index (χ3n) is 7.81. The number of hydrogen-bond acceptors (Lipinski definition) is 7. The third kappa shape index (κ3) is 9.42. The second-order valence-corrected chi connectivity index (χ2v) is 11.8. The van der Waals surface area contributed by atoms with Gasteiger partial charge >= 0.3 is 6.09 Å². The number of rotatable bonds is 12. The summed E-state index contributed by atoms with van der Waals surface area (Å²) in [4.78, 5) is 21.3. The summed E-state index contributed by atoms with van der Waals surface area (Å²) < 4.78 is 16.8. The molecule has 0 aromatic heterocycles. The Kier molecular flexibility index (Phi) is 11.8. The second kappa shape index (κ2) is 15.5. The van der Waals surface area contributed by atoms with Gasteiger partial charge in [0, 0.05) is 45.2 Å². The average Bonchev–Trinajstić information content (AvgIpc) is 2.97. The Bertz CT molecular complexity index is 1180. The van der Waals surface area contributed by atoms with Crippen LogP contribution in [0.25, 0.3) is 0 Å². The molecule has 2 aliphatic rings. The summed E-state index contributed by atoms with van der Waals surface area (Å²) in [6.07, 6.45) is 3.06. The van der Waals surface area contributed by atoms with Crippen molar-refractivity contribution < 1.29 is 19.0 Å². The highest BCUT2D eigenvalue weighted by atomic mass is 35.5. The van der Waals surface area contributed by atoms with Crippen LogP contribution in [0.4, 0.5) is 16.2 Å². The van der Waals surface area contributed by atoms with Crippen LogP contribution < -0.4 is 15.0 Å². The fraction of sp³-hybridized carbons (Fsp3) is 0.548. The Hall–Kier alpha value is -2.68. The first kappa shape index (κ1) is 31.3. The number of nitrogens with one attached hydrogen (secondary N) is 1. The number of amides is 1. The third-order valence-corrected chi connectivity index (χ3v) is 8.62. The molecule has 0 spiro atoms. The summed E-state index contributed by atoms with van der Waals surface area (Å²) in [5.74, 6) is 2.24. The molecule has 2 aromatic rings. The molecule has 2 aliphatic heterocycles. The highest BCUT2D eigenvalue weighted by molar-refractivity contribution is 6.43. The highest BCUT2D eigenvalue weighted by Crippen LogP contribution is 2.33. The van der Waals surface area contributed by atoms with Crippen molar-refractivity contribution in [3.05, 3.63) is 52.0 Å². The van der Waals surface area contributed by atoms with E-state index in [1.54, 1.807) is 0 Å². The Morgan fingerprint density at radius 2 is 1.83 bits per heavy atom. The van der Waals surface area contributed by atoms with Crippen LogP contribution in [0.2, 0.25) is 10.0 Å². The monoisotopic (exact) mass is 604 g/mol. The summed E-state index contributed by atoms with van der Waals surface area (Å²) in [5.41, 5.74) is 3.02. The molecule has 1 saturated heterocycles. The number of carbonyl (C=O) groups excluding carboxylic acids is 1. The molecule has 2 heterocycles. The van der Waals surface area contributed by atoms with Crippen LogP contribution in [0.5, 0.6) is 5.75 Å². The van der Waals surface area contributed by atoms with Crippen molar-refractivity contribution in [2.75, 3.05) is 57.6 Å². The van der Waals surface area contributed by atoms with E-state index < -0.39 is 6.09 Å². The SMILES string of the molecule is CC(C)C(C)CNC(=O)OCOC1=Nc2cc(OCCCCN3CCN(c4cccc(Cl)c4Cl)CC3)ccc2CC1. The maximum absolute atomic E-state index is 11.9. The van der Waals surface area contributed by atoms with Gasteiger partial charge in [-0.1, -0.05) is 56.1 Å². The summed E-state index contributed by atoms with van der Waals surface area (Å²) in [6.45, 7) is 12.4. The molecule has 1 amide bonds. The first-order chi connectivity index (χ1) is 19.8. The zero-order chi connectivity index (χ0) is 29.2. The number of halogens is 2. The van der Waals surface area contributed by atoms with Crippen molar-refractivity contribution in [3.63, 3.8) is 0 Å². The maximum Gasteiger partial charge on any atom is 0.410 e. The standard InChI is InChI=1S/C31H42Cl2N4O4/c1-22(2)23(3)20-34-31(38)41-21-40-29-12-10-24-9-11-25(19-27(24)35-29)39-18-5-4-13-36-14-16-37(17-15-36)28-8-6-7-26(32)30(28)33/h6-9,11,19,22-23H,4-5,10,12-18,20-21H2,1-3H3,(H,34,38). The van der Waals surface area contributed by atoms with Crippen LogP contribution in [-0.4, -0.2) is 69.6 Å². The lowest BCUT2D eigenvalue weighted by atomic mass is 9.98. The summed E-state index contributed by atoms with van der Waals surface area (Å²) in [7, 11) is 0. The highest BCUT2D eigenvalue weighted by Gasteiger charge is 2.20. The molecule has 4 rings (SSSR count). The molecule has 2 aromatic carbocycles. The van der Waals surface area contributed by atoms with Gasteiger partial charge in [-0.3, -0.25) is 4.90 Å². The van der Waals surface area contributed by atoms with Crippen molar-refractivity contribution in [3.8, 4) is 5.75 Å². The van der Waals surface area contributed by atoms with Crippen LogP contribution in [0.15, 0.2) is 41.4 Å². The molecule has 0 bridgehead atoms. The van der Waals surface area contributed by atoms with Crippen molar-refractivity contribution in [2.45, 2.75) is 46.5 Å². The van der Waals surface area contributed by atoms with Gasteiger partial charge in [-0.25, -0.2) is 9.79 Å². The van der Waals surface area contributed by atoms with E-state index in [0.717, 1.165) is 74.7 Å². The van der Waals surface area contributed by atoms with E-state index in [2.05, 4.69) is 46.9 Å². The van der Waals surface area contributed by atoms with E-state index in [1.807, 2.05) is 30.3 Å². The van der Waals surface area contributed by atoms with Gasteiger partial charge in [0.05, 0.1) is 28.0 Å². The minimum atomic E-state index is -0.477. The number of anilines is 1. The zero-order valence-electron chi connectivity index (χ0n) is 24.3. The Morgan fingerprint density at radius 3 is 2.61 bits per heavy atom. The van der Waals surface area contributed by atoms with Gasteiger partial charge in [-0.05, 0) is 61.4 Å². The van der Waals surface area contributed by atoms with Gasteiger partial charge in [-0.2, -0.15) is 0 Å². The molecule has 1 atom stereocenters. The lowest BCUT2D eigenvalue weighted by Gasteiger charge is -2.36. The predicted molar refractivity (Wildman–Crippen MR) is 166 cm³/mol. The molecular weight excluding hydrogens is 563 g/mol. The number of piperazine rings is 1. The number of carbonyl (C=O) groups is 1. The van der Waals surface area contributed by atoms with Crippen molar-refractivity contribution >= 4 is 46.6 Å². The molecule has 0 aliphatic carbocycles. The number of hydrogen-bond donors (Lipinski definition) is 1. The van der Waals surface area contributed by atoms with E-state index in [0.29, 0.717) is 47.4 Å². The number of alkyl carbamates (subject to hydrolysis) is 1. The van der Waals surface area contributed by atoms with E-state index in [4.69, 9.17) is 37.4 Å². The van der Waals surface area contributed by atoms with E-state index in [9.17, 15) is 4.79 Å². The molecule has 1 unspecified atom stereocenters. The summed E-state index contributed by atoms with van der Waals surface area (Å²) in [5, 5.41) is 4.01. The lowest BCUT2D eigenvalue weighted by molar-refractivity contribution is 0.0497. The zero-order valence-corrected chi connectivity index (χ0v) is 25.8. The molecule has 0 radical (unpaired) electrons. The number of benzene rings is 2. The number of ether oxygens (including phenoxy) is 3. The number of unbranched alkanes of at least 4 members (excludes halogenated alkanes) is 1.